The van der Waals surface area contributed by atoms with E-state index in [0.717, 1.165) is 5.69 Å². The zero-order valence-corrected chi connectivity index (χ0v) is 23.1. The van der Waals surface area contributed by atoms with Crippen molar-refractivity contribution in [2.24, 2.45) is 22.2 Å². The summed E-state index contributed by atoms with van der Waals surface area (Å²) in [6.45, 7) is -0.713. The van der Waals surface area contributed by atoms with E-state index in [9.17, 15) is 27.6 Å². The van der Waals surface area contributed by atoms with Crippen LogP contribution in [0.5, 0.6) is 0 Å². The molecule has 0 aliphatic heterocycles. The van der Waals surface area contributed by atoms with Crippen molar-refractivity contribution in [1.82, 2.24) is 9.62 Å². The van der Waals surface area contributed by atoms with E-state index < -0.39 is 46.4 Å². The first-order valence-electron chi connectivity index (χ1n) is 12.3. The maximum absolute atomic E-state index is 14.0. The second-order valence-electron chi connectivity index (χ2n) is 9.13. The number of nitrogens with two attached hydrogens (primary N) is 3. The minimum Gasteiger partial charge on any atom is -0.481 e. The molecule has 0 radical (unpaired) electrons. The largest absolute Gasteiger partial charge is 0.481 e. The maximum Gasteiger partial charge on any atom is 0.303 e. The van der Waals surface area contributed by atoms with Crippen LogP contribution in [0.2, 0.25) is 0 Å². The number of amides is 2. The van der Waals surface area contributed by atoms with Gasteiger partial charge in [0, 0.05) is 43.5 Å². The lowest BCUT2D eigenvalue weighted by Crippen LogP contribution is -2.51. The van der Waals surface area contributed by atoms with E-state index in [2.05, 4.69) is 10.3 Å². The molecule has 0 saturated carbocycles. The number of anilines is 1. The van der Waals surface area contributed by atoms with Crippen molar-refractivity contribution in [2.75, 3.05) is 32.1 Å². The summed E-state index contributed by atoms with van der Waals surface area (Å²) in [6.07, 6.45) is -0.147. The van der Waals surface area contributed by atoms with Gasteiger partial charge in [0.2, 0.25) is 5.91 Å². The molecule has 40 heavy (non-hydrogen) atoms. The van der Waals surface area contributed by atoms with E-state index in [1.807, 2.05) is 11.0 Å². The molecule has 2 rings (SSSR count). The van der Waals surface area contributed by atoms with E-state index >= 15 is 0 Å². The molecule has 2 aromatic rings. The third kappa shape index (κ3) is 8.13. The van der Waals surface area contributed by atoms with Crippen molar-refractivity contribution in [2.45, 2.75) is 42.7 Å². The molecular weight excluding hydrogens is 542 g/mol. The van der Waals surface area contributed by atoms with E-state index in [1.54, 1.807) is 32.3 Å². The third-order valence-corrected chi connectivity index (χ3v) is 7.86. The lowest BCUT2D eigenvalue weighted by molar-refractivity contribution is -0.137. The van der Waals surface area contributed by atoms with Gasteiger partial charge in [-0.25, -0.2) is 12.7 Å². The van der Waals surface area contributed by atoms with Crippen LogP contribution in [0.25, 0.3) is 10.8 Å². The molecule has 14 nitrogen and oxygen atoms in total. The Balaban J connectivity index is 2.49. The maximum atomic E-state index is 14.0. The highest BCUT2D eigenvalue weighted by molar-refractivity contribution is 7.90. The van der Waals surface area contributed by atoms with Crippen molar-refractivity contribution in [3.8, 4) is 0 Å². The Morgan fingerprint density at radius 3 is 2.33 bits per heavy atom. The standard InChI is InChI=1S/C25H35N7O7S/c1-31(2)20-9-3-8-18-17(20)7-4-10-21(18)40(38,39)32(16(15-33)6-5-13-29-25(27)28)22(34)14-30-24(37)19(26)11-12-23(35)36/h3-4,7-10,15-16,19H,5-6,11-14,26H2,1-2H3,(H,30,37)(H,35,36)(H4,27,28,29)/t16-,19-/m0/s1. The number of nitrogens with one attached hydrogen (secondary N) is 1. The summed E-state index contributed by atoms with van der Waals surface area (Å²) in [7, 11) is -1.03. The monoisotopic (exact) mass is 577 g/mol. The van der Waals surface area contributed by atoms with Crippen LogP contribution in [0.15, 0.2) is 46.3 Å². The molecule has 0 aromatic heterocycles. The number of benzene rings is 2. The quantitative estimate of drug-likeness (QED) is 0.0772. The molecule has 0 fully saturated rings. The van der Waals surface area contributed by atoms with Gasteiger partial charge in [-0.1, -0.05) is 24.3 Å². The molecule has 0 unspecified atom stereocenters. The van der Waals surface area contributed by atoms with Gasteiger partial charge in [-0.05, 0) is 31.4 Å². The molecule has 2 atom stereocenters. The Labute approximate surface area is 232 Å². The molecule has 0 aliphatic rings. The summed E-state index contributed by atoms with van der Waals surface area (Å²) in [5, 5.41) is 12.0. The summed E-state index contributed by atoms with van der Waals surface area (Å²) >= 11 is 0. The van der Waals surface area contributed by atoms with Crippen LogP contribution in [0, 0.1) is 0 Å². The number of sulfonamides is 1. The number of guanidine groups is 1. The van der Waals surface area contributed by atoms with Gasteiger partial charge in [0.25, 0.3) is 15.9 Å². The van der Waals surface area contributed by atoms with Gasteiger partial charge >= 0.3 is 5.97 Å². The molecule has 0 bridgehead atoms. The van der Waals surface area contributed by atoms with Gasteiger partial charge in [0.05, 0.1) is 17.5 Å². The van der Waals surface area contributed by atoms with Crippen molar-refractivity contribution in [3.05, 3.63) is 36.4 Å². The number of carbonyl (C=O) groups is 4. The van der Waals surface area contributed by atoms with Gasteiger partial charge in [-0.15, -0.1) is 0 Å². The average molecular weight is 578 g/mol. The molecule has 15 heteroatoms. The van der Waals surface area contributed by atoms with Crippen molar-refractivity contribution in [1.29, 1.82) is 0 Å². The Hall–Kier alpha value is -4.24. The van der Waals surface area contributed by atoms with Crippen molar-refractivity contribution < 1.29 is 32.7 Å². The fourth-order valence-corrected chi connectivity index (χ4v) is 5.78. The van der Waals surface area contributed by atoms with Gasteiger partial charge in [-0.3, -0.25) is 19.4 Å². The second kappa shape index (κ2) is 14.2. The molecule has 8 N–H and O–H groups in total. The van der Waals surface area contributed by atoms with Crippen LogP contribution in [0.3, 0.4) is 0 Å². The average Bonchev–Trinajstić information content (AvgIpc) is 2.90. The summed E-state index contributed by atoms with van der Waals surface area (Å²) in [5.41, 5.74) is 17.1. The molecule has 2 aromatic carbocycles. The lowest BCUT2D eigenvalue weighted by atomic mass is 10.1. The first-order valence-corrected chi connectivity index (χ1v) is 13.8. The number of rotatable bonds is 15. The number of nitrogens with zero attached hydrogens (tertiary/aromatic N) is 3. The number of carboxylic acids is 1. The fourth-order valence-electron chi connectivity index (χ4n) is 4.01. The predicted molar refractivity (Wildman–Crippen MR) is 150 cm³/mol. The van der Waals surface area contributed by atoms with Gasteiger partial charge in [0.15, 0.2) is 5.96 Å². The molecule has 2 amide bonds. The number of hydrogen-bond acceptors (Lipinski definition) is 9. The summed E-state index contributed by atoms with van der Waals surface area (Å²) < 4.78 is 28.5. The molecule has 218 valence electrons. The summed E-state index contributed by atoms with van der Waals surface area (Å²) in [5.74, 6) is -3.27. The van der Waals surface area contributed by atoms with E-state index in [1.165, 1.54) is 12.1 Å². The minimum atomic E-state index is -4.64. The molecule has 0 aliphatic carbocycles. The van der Waals surface area contributed by atoms with Gasteiger partial charge < -0.3 is 37.3 Å². The van der Waals surface area contributed by atoms with Gasteiger partial charge in [-0.2, -0.15) is 0 Å². The number of aliphatic carboxylic acids is 1. The van der Waals surface area contributed by atoms with Crippen LogP contribution in [-0.2, 0) is 29.2 Å². The molecule has 0 heterocycles. The van der Waals surface area contributed by atoms with Crippen LogP contribution < -0.4 is 27.4 Å². The number of fused-ring (bicyclic) bond motifs is 1. The highest BCUT2D eigenvalue weighted by Gasteiger charge is 2.36. The Morgan fingerprint density at radius 1 is 1.07 bits per heavy atom. The zero-order valence-electron chi connectivity index (χ0n) is 22.3. The summed E-state index contributed by atoms with van der Waals surface area (Å²) in [4.78, 5) is 54.0. The minimum absolute atomic E-state index is 0.0877. The first kappa shape index (κ1) is 32.0. The van der Waals surface area contributed by atoms with Crippen LogP contribution in [-0.4, -0.2) is 87.1 Å². The van der Waals surface area contributed by atoms with E-state index in [-0.39, 0.29) is 43.1 Å². The zero-order chi connectivity index (χ0) is 30.0. The third-order valence-electron chi connectivity index (χ3n) is 5.95. The number of aliphatic imine (C=N–C) groups is 1. The molecular formula is C25H35N7O7S. The second-order valence-corrected chi connectivity index (χ2v) is 10.9. The first-order chi connectivity index (χ1) is 18.8. The Bertz CT molecular complexity index is 1370. The number of carbonyl (C=O) groups excluding carboxylic acids is 3. The predicted octanol–water partition coefficient (Wildman–Crippen LogP) is -0.647. The van der Waals surface area contributed by atoms with Gasteiger partial charge in [0.1, 0.15) is 12.3 Å². The smallest absolute Gasteiger partial charge is 0.303 e. The molecule has 0 saturated heterocycles. The normalized spacial score (nSPS) is 12.7. The highest BCUT2D eigenvalue weighted by atomic mass is 32.2. The van der Waals surface area contributed by atoms with Crippen molar-refractivity contribution in [3.63, 3.8) is 0 Å². The fraction of sp³-hybridized carbons (Fsp3) is 0.400. The van der Waals surface area contributed by atoms with Crippen LogP contribution in [0.4, 0.5) is 5.69 Å². The van der Waals surface area contributed by atoms with Crippen LogP contribution >= 0.6 is 0 Å². The summed E-state index contributed by atoms with van der Waals surface area (Å²) in [6, 6.07) is 7.00. The highest BCUT2D eigenvalue weighted by Crippen LogP contribution is 2.32. The van der Waals surface area contributed by atoms with Crippen LogP contribution in [0.1, 0.15) is 25.7 Å². The Kier molecular flexibility index (Phi) is 11.4. The topological polar surface area (TPSA) is 232 Å². The Morgan fingerprint density at radius 2 is 1.73 bits per heavy atom. The molecule has 0 spiro atoms. The number of hydrogen-bond donors (Lipinski definition) is 5. The van der Waals surface area contributed by atoms with E-state index in [4.69, 9.17) is 22.3 Å². The van der Waals surface area contributed by atoms with E-state index in [0.29, 0.717) is 21.4 Å². The number of carboxylic acid groups (broad SMARTS) is 1. The number of aldehydes is 1. The lowest BCUT2D eigenvalue weighted by Gasteiger charge is -2.28. The SMILES string of the molecule is CN(C)c1cccc2c(S(=O)(=O)N(C(=O)CNC(=O)[C@@H](N)CCC(=O)O)[C@H](C=O)CCCN=C(N)N)cccc12. The van der Waals surface area contributed by atoms with Crippen molar-refractivity contribution >= 4 is 56.5 Å².